The quantitative estimate of drug-likeness (QED) is 0.459. The van der Waals surface area contributed by atoms with Crippen LogP contribution in [0.1, 0.15) is 0 Å². The molecule has 0 aliphatic rings. The van der Waals surface area contributed by atoms with Gasteiger partial charge in [0.1, 0.15) is 0 Å². The zero-order valence-electron chi connectivity index (χ0n) is 7.57. The molecule has 0 spiro atoms. The van der Waals surface area contributed by atoms with Gasteiger partial charge in [-0.25, -0.2) is 4.98 Å². The molecule has 0 atom stereocenters. The van der Waals surface area contributed by atoms with Crippen molar-refractivity contribution in [1.29, 1.82) is 0 Å². The third-order valence-corrected chi connectivity index (χ3v) is 1.96. The van der Waals surface area contributed by atoms with Crippen LogP contribution in [-0.2, 0) is 0 Å². The van der Waals surface area contributed by atoms with Crippen LogP contribution in [0.4, 0.5) is 5.69 Å². The Hall–Kier alpha value is -2.37. The van der Waals surface area contributed by atoms with Gasteiger partial charge in [0.05, 0.1) is 11.1 Å². The molecule has 1 aromatic carbocycles. The first-order valence-corrected chi connectivity index (χ1v) is 4.16. The molecule has 6 heteroatoms. The highest BCUT2D eigenvalue weighted by molar-refractivity contribution is 5.57. The first-order valence-electron chi connectivity index (χ1n) is 4.16. The third kappa shape index (κ3) is 1.64. The third-order valence-electron chi connectivity index (χ3n) is 1.96. The van der Waals surface area contributed by atoms with E-state index in [-0.39, 0.29) is 5.69 Å². The van der Waals surface area contributed by atoms with Crippen LogP contribution in [0, 0.1) is 10.1 Å². The van der Waals surface area contributed by atoms with Gasteiger partial charge in [0.15, 0.2) is 5.82 Å². The average molecular weight is 205 g/mol. The lowest BCUT2D eigenvalue weighted by Crippen LogP contribution is -1.93. The fourth-order valence-electron chi connectivity index (χ4n) is 1.24. The summed E-state index contributed by atoms with van der Waals surface area (Å²) in [4.78, 5) is 13.8. The van der Waals surface area contributed by atoms with Gasteiger partial charge < -0.3 is 5.21 Å². The molecule has 1 N–H and O–H groups in total. The number of nitro groups is 1. The summed E-state index contributed by atoms with van der Waals surface area (Å²) in [6.45, 7) is 0. The van der Waals surface area contributed by atoms with Crippen LogP contribution in [0.25, 0.3) is 11.4 Å². The number of rotatable bonds is 2. The second kappa shape index (κ2) is 3.41. The van der Waals surface area contributed by atoms with Crippen molar-refractivity contribution in [3.8, 4) is 11.4 Å². The van der Waals surface area contributed by atoms with E-state index < -0.39 is 4.92 Å². The molecule has 0 unspecified atom stereocenters. The number of hydrogen-bond donors (Lipinski definition) is 1. The molecule has 2 rings (SSSR count). The van der Waals surface area contributed by atoms with Crippen LogP contribution in [0.5, 0.6) is 0 Å². The highest BCUT2D eigenvalue weighted by Crippen LogP contribution is 2.19. The number of imidazole rings is 1. The van der Waals surface area contributed by atoms with E-state index in [1.165, 1.54) is 36.7 Å². The number of nitrogens with zero attached hydrogens (tertiary/aromatic N) is 3. The van der Waals surface area contributed by atoms with E-state index in [1.807, 2.05) is 0 Å². The second-order valence-electron chi connectivity index (χ2n) is 2.90. The van der Waals surface area contributed by atoms with E-state index >= 15 is 0 Å². The normalized spacial score (nSPS) is 10.1. The molecule has 2 aromatic rings. The fraction of sp³-hybridized carbons (Fsp3) is 0. The zero-order chi connectivity index (χ0) is 10.8. The summed E-state index contributed by atoms with van der Waals surface area (Å²) in [5.74, 6) is 0.352. The number of benzene rings is 1. The Morgan fingerprint density at radius 1 is 1.33 bits per heavy atom. The summed E-state index contributed by atoms with van der Waals surface area (Å²) < 4.78 is 0.862. The van der Waals surface area contributed by atoms with Crippen molar-refractivity contribution in [1.82, 2.24) is 9.71 Å². The van der Waals surface area contributed by atoms with Crippen molar-refractivity contribution in [3.63, 3.8) is 0 Å². The Bertz CT molecular complexity index is 490. The Morgan fingerprint density at radius 3 is 2.47 bits per heavy atom. The van der Waals surface area contributed by atoms with Crippen molar-refractivity contribution in [3.05, 3.63) is 46.8 Å². The van der Waals surface area contributed by atoms with Crippen LogP contribution in [0.3, 0.4) is 0 Å². The molecule has 76 valence electrons. The number of nitro benzene ring substituents is 1. The summed E-state index contributed by atoms with van der Waals surface area (Å²) >= 11 is 0. The molecule has 0 aliphatic heterocycles. The van der Waals surface area contributed by atoms with Gasteiger partial charge in [0, 0.05) is 23.9 Å². The molecule has 1 heterocycles. The van der Waals surface area contributed by atoms with Crippen LogP contribution in [-0.4, -0.2) is 19.8 Å². The van der Waals surface area contributed by atoms with Gasteiger partial charge in [-0.2, -0.15) is 4.73 Å². The SMILES string of the molecule is O=[N+]([O-])c1ccc(-c2nccn2O)cc1. The van der Waals surface area contributed by atoms with Gasteiger partial charge in [-0.05, 0) is 12.1 Å². The average Bonchev–Trinajstić information content (AvgIpc) is 2.65. The summed E-state index contributed by atoms with van der Waals surface area (Å²) in [5, 5.41) is 19.7. The number of aromatic nitrogens is 2. The van der Waals surface area contributed by atoms with Crippen LogP contribution >= 0.6 is 0 Å². The zero-order valence-corrected chi connectivity index (χ0v) is 7.57. The predicted molar refractivity (Wildman–Crippen MR) is 51.5 cm³/mol. The summed E-state index contributed by atoms with van der Waals surface area (Å²) in [6.07, 6.45) is 2.83. The predicted octanol–water partition coefficient (Wildman–Crippen LogP) is 1.70. The van der Waals surface area contributed by atoms with E-state index in [2.05, 4.69) is 4.98 Å². The molecule has 6 nitrogen and oxygen atoms in total. The minimum Gasteiger partial charge on any atom is -0.427 e. The topological polar surface area (TPSA) is 81.2 Å². The van der Waals surface area contributed by atoms with Gasteiger partial charge in [-0.15, -0.1) is 0 Å². The first kappa shape index (κ1) is 9.20. The minimum atomic E-state index is -0.477. The minimum absolute atomic E-state index is 0.00907. The Labute approximate surface area is 84.5 Å². The van der Waals surface area contributed by atoms with E-state index in [0.717, 1.165) is 4.73 Å². The van der Waals surface area contributed by atoms with Crippen LogP contribution in [0.15, 0.2) is 36.7 Å². The maximum absolute atomic E-state index is 10.4. The molecule has 0 bridgehead atoms. The summed E-state index contributed by atoms with van der Waals surface area (Å²) in [5.41, 5.74) is 0.628. The monoisotopic (exact) mass is 205 g/mol. The maximum atomic E-state index is 10.4. The first-order chi connectivity index (χ1) is 7.18. The van der Waals surface area contributed by atoms with E-state index in [0.29, 0.717) is 11.4 Å². The summed E-state index contributed by atoms with van der Waals surface area (Å²) in [6, 6.07) is 5.80. The van der Waals surface area contributed by atoms with E-state index in [1.54, 1.807) is 0 Å². The van der Waals surface area contributed by atoms with Crippen molar-refractivity contribution in [2.24, 2.45) is 0 Å². The molecule has 1 aromatic heterocycles. The van der Waals surface area contributed by atoms with Gasteiger partial charge in [0.2, 0.25) is 0 Å². The largest absolute Gasteiger partial charge is 0.427 e. The number of non-ortho nitro benzene ring substituents is 1. The van der Waals surface area contributed by atoms with Crippen LogP contribution < -0.4 is 0 Å². The van der Waals surface area contributed by atoms with Crippen molar-refractivity contribution >= 4 is 5.69 Å². The van der Waals surface area contributed by atoms with Gasteiger partial charge in [-0.1, -0.05) is 0 Å². The molecule has 0 aliphatic carbocycles. The van der Waals surface area contributed by atoms with Crippen molar-refractivity contribution < 1.29 is 10.1 Å². The van der Waals surface area contributed by atoms with Crippen LogP contribution in [0.2, 0.25) is 0 Å². The van der Waals surface area contributed by atoms with Gasteiger partial charge in [-0.3, -0.25) is 10.1 Å². The van der Waals surface area contributed by atoms with Gasteiger partial charge >= 0.3 is 0 Å². The number of hydrogen-bond acceptors (Lipinski definition) is 4. The smallest absolute Gasteiger partial charge is 0.269 e. The van der Waals surface area contributed by atoms with Crippen molar-refractivity contribution in [2.45, 2.75) is 0 Å². The lowest BCUT2D eigenvalue weighted by atomic mass is 10.2. The van der Waals surface area contributed by atoms with E-state index in [4.69, 9.17) is 0 Å². The Balaban J connectivity index is 2.40. The highest BCUT2D eigenvalue weighted by atomic mass is 16.6. The standard InChI is InChI=1S/C9H7N3O3/c13-11-6-5-10-9(11)7-1-3-8(4-2-7)12(14)15/h1-6,13H. The Kier molecular flexibility index (Phi) is 2.09. The molecule has 0 fully saturated rings. The molecule has 15 heavy (non-hydrogen) atoms. The Morgan fingerprint density at radius 2 is 2.00 bits per heavy atom. The van der Waals surface area contributed by atoms with Gasteiger partial charge in [0.25, 0.3) is 5.69 Å². The molecule has 0 saturated heterocycles. The molecular weight excluding hydrogens is 198 g/mol. The van der Waals surface area contributed by atoms with Crippen molar-refractivity contribution in [2.75, 3.05) is 0 Å². The maximum Gasteiger partial charge on any atom is 0.269 e. The highest BCUT2D eigenvalue weighted by Gasteiger charge is 2.08. The molecular formula is C9H7N3O3. The fourth-order valence-corrected chi connectivity index (χ4v) is 1.24. The second-order valence-corrected chi connectivity index (χ2v) is 2.90. The lowest BCUT2D eigenvalue weighted by Gasteiger charge is -1.99. The molecule has 0 saturated carbocycles. The lowest BCUT2D eigenvalue weighted by molar-refractivity contribution is -0.384. The summed E-state index contributed by atoms with van der Waals surface area (Å²) in [7, 11) is 0. The van der Waals surface area contributed by atoms with E-state index in [9.17, 15) is 15.3 Å². The molecule has 0 radical (unpaired) electrons. The molecule has 0 amide bonds.